The predicted molar refractivity (Wildman–Crippen MR) is 251 cm³/mol. The normalized spacial score (nSPS) is 12.1. The standard InChI is InChI=1S/C46H70N8O15S/c1-2-3-4-10-33-17-19-34(20-18-33)39(57)13-7-26-48-44(61)32-69-29-28-68-27-8-12-36(55)22-23-38(46(64)65)49-42(59)24-21-35(45(62)63)31-37(56)11-6-25-47-41(58)16-9-30-70(66,67)52-43(60)15-5-14-40-50-53-54-51-40/h17-20,35,38H,2-16,21-32H2,1H3,(H,47,58)(H,48,61)(H,49,59)(H,52,60)(H,62,63)(H,64,65)(H,50,51,53,54)/t35-,38?/m1/s1. The number of H-pyrrole nitrogens is 1. The molecular weight excluding hydrogens is 937 g/mol. The molecule has 4 amide bonds. The summed E-state index contributed by atoms with van der Waals surface area (Å²) in [6.07, 6.45) is 4.74. The summed E-state index contributed by atoms with van der Waals surface area (Å²) < 4.78 is 37.0. The number of hydrogen-bond donors (Lipinski definition) is 7. The molecule has 1 unspecified atom stereocenters. The molecule has 0 saturated heterocycles. The number of carbonyl (C=O) groups is 9. The SMILES string of the molecule is CCCCCc1ccc(C(=O)CCCNC(=O)COCCOCCCC(=O)CCC(NC(=O)CC[C@H](CC(=O)CCCNC(=O)CCCS(=O)(=O)NC(=O)CCCc2nn[nH]n2)C(=O)O)C(=O)O)cc1. The van der Waals surface area contributed by atoms with Crippen LogP contribution in [-0.2, 0) is 70.7 Å². The van der Waals surface area contributed by atoms with Gasteiger partial charge in [-0.15, -0.1) is 10.2 Å². The van der Waals surface area contributed by atoms with Gasteiger partial charge in [0, 0.05) is 83.0 Å². The van der Waals surface area contributed by atoms with Gasteiger partial charge >= 0.3 is 11.9 Å². The van der Waals surface area contributed by atoms with Crippen molar-refractivity contribution in [3.05, 3.63) is 41.2 Å². The molecule has 0 bridgehead atoms. The molecule has 2 atom stereocenters. The van der Waals surface area contributed by atoms with Crippen LogP contribution in [0.3, 0.4) is 0 Å². The monoisotopic (exact) mass is 1010 g/mol. The number of carboxylic acids is 2. The number of ether oxygens (including phenoxy) is 2. The molecule has 1 heterocycles. The summed E-state index contributed by atoms with van der Waals surface area (Å²) in [6, 6.07) is 6.28. The summed E-state index contributed by atoms with van der Waals surface area (Å²) in [5.74, 6) is -6.94. The Morgan fingerprint density at radius 2 is 1.34 bits per heavy atom. The van der Waals surface area contributed by atoms with Gasteiger partial charge in [0.15, 0.2) is 11.6 Å². The summed E-state index contributed by atoms with van der Waals surface area (Å²) in [4.78, 5) is 110. The summed E-state index contributed by atoms with van der Waals surface area (Å²) in [6.45, 7) is 2.90. The zero-order valence-electron chi connectivity index (χ0n) is 40.0. The number of ketones is 3. The van der Waals surface area contributed by atoms with E-state index in [-0.39, 0.29) is 115 Å². The van der Waals surface area contributed by atoms with E-state index in [9.17, 15) is 61.8 Å². The van der Waals surface area contributed by atoms with Gasteiger partial charge in [-0.2, -0.15) is 5.21 Å². The lowest BCUT2D eigenvalue weighted by atomic mass is 9.95. The highest BCUT2D eigenvalue weighted by molar-refractivity contribution is 7.90. The van der Waals surface area contributed by atoms with Crippen molar-refractivity contribution in [1.82, 2.24) is 41.3 Å². The zero-order chi connectivity index (χ0) is 51.6. The van der Waals surface area contributed by atoms with Crippen LogP contribution in [0.15, 0.2) is 24.3 Å². The van der Waals surface area contributed by atoms with Crippen molar-refractivity contribution in [3.63, 3.8) is 0 Å². The van der Waals surface area contributed by atoms with Gasteiger partial charge in [-0.3, -0.25) is 43.1 Å². The number of Topliss-reactive ketones (excluding diaryl/α,β-unsaturated/α-hetero) is 3. The number of nitrogens with zero attached hydrogens (tertiary/aromatic N) is 3. The topological polar surface area (TPSA) is 349 Å². The number of carboxylic acid groups (broad SMARTS) is 2. The van der Waals surface area contributed by atoms with Crippen LogP contribution in [0, 0.1) is 5.92 Å². The first-order valence-electron chi connectivity index (χ1n) is 23.8. The maximum absolute atomic E-state index is 12.6. The molecule has 0 saturated carbocycles. The number of aromatic amines is 1. The fraction of sp³-hybridized carbons (Fsp3) is 0.652. The smallest absolute Gasteiger partial charge is 0.326 e. The summed E-state index contributed by atoms with van der Waals surface area (Å²) in [7, 11) is -3.96. The molecule has 24 heteroatoms. The second-order valence-electron chi connectivity index (χ2n) is 16.7. The van der Waals surface area contributed by atoms with Gasteiger partial charge in [0.2, 0.25) is 33.7 Å². The van der Waals surface area contributed by atoms with Crippen molar-refractivity contribution >= 4 is 62.9 Å². The highest BCUT2D eigenvalue weighted by Gasteiger charge is 2.25. The Kier molecular flexibility index (Phi) is 30.2. The van der Waals surface area contributed by atoms with Crippen molar-refractivity contribution < 1.29 is 71.3 Å². The number of sulfonamides is 1. The van der Waals surface area contributed by atoms with Crippen molar-refractivity contribution in [2.75, 3.05) is 45.3 Å². The molecular formula is C46H70N8O15S. The van der Waals surface area contributed by atoms with Crippen LogP contribution >= 0.6 is 0 Å². The van der Waals surface area contributed by atoms with Gasteiger partial charge in [-0.05, 0) is 63.4 Å². The number of unbranched alkanes of at least 4 members (excludes halogenated alkanes) is 2. The van der Waals surface area contributed by atoms with Gasteiger partial charge in [-0.25, -0.2) is 13.2 Å². The molecule has 0 radical (unpaired) electrons. The fourth-order valence-corrected chi connectivity index (χ4v) is 7.88. The van der Waals surface area contributed by atoms with Crippen LogP contribution in [-0.4, -0.2) is 143 Å². The van der Waals surface area contributed by atoms with Crippen LogP contribution < -0.4 is 20.7 Å². The molecule has 0 aliphatic rings. The van der Waals surface area contributed by atoms with Gasteiger partial charge < -0.3 is 35.6 Å². The number of aromatic nitrogens is 4. The third-order valence-electron chi connectivity index (χ3n) is 10.7. The highest BCUT2D eigenvalue weighted by Crippen LogP contribution is 2.15. The molecule has 1 aromatic heterocycles. The number of benzene rings is 1. The van der Waals surface area contributed by atoms with Crippen LogP contribution in [0.1, 0.15) is 144 Å². The van der Waals surface area contributed by atoms with Crippen LogP contribution in [0.5, 0.6) is 0 Å². The summed E-state index contributed by atoms with van der Waals surface area (Å²) in [5.41, 5.74) is 1.87. The molecule has 7 N–H and O–H groups in total. The Morgan fingerprint density at radius 3 is 2.03 bits per heavy atom. The minimum absolute atomic E-state index is 0.0224. The number of carbonyl (C=O) groups excluding carboxylic acids is 7. The Morgan fingerprint density at radius 1 is 0.657 bits per heavy atom. The van der Waals surface area contributed by atoms with Crippen molar-refractivity contribution in [2.24, 2.45) is 5.92 Å². The van der Waals surface area contributed by atoms with E-state index in [2.05, 4.69) is 43.5 Å². The Hall–Kier alpha value is -6.01. The first-order chi connectivity index (χ1) is 33.5. The molecule has 2 aromatic rings. The molecule has 2 rings (SSSR count). The van der Waals surface area contributed by atoms with E-state index >= 15 is 0 Å². The third-order valence-corrected chi connectivity index (χ3v) is 12.1. The van der Waals surface area contributed by atoms with Crippen molar-refractivity contribution in [1.29, 1.82) is 0 Å². The van der Waals surface area contributed by atoms with Crippen LogP contribution in [0.2, 0.25) is 0 Å². The van der Waals surface area contributed by atoms with E-state index in [1.54, 1.807) is 0 Å². The van der Waals surface area contributed by atoms with Gasteiger partial charge in [0.1, 0.15) is 24.2 Å². The Labute approximate surface area is 408 Å². The van der Waals surface area contributed by atoms with Gasteiger partial charge in [0.05, 0.1) is 24.9 Å². The van der Waals surface area contributed by atoms with E-state index in [4.69, 9.17) is 9.47 Å². The predicted octanol–water partition coefficient (Wildman–Crippen LogP) is 2.33. The minimum Gasteiger partial charge on any atom is -0.481 e. The molecule has 0 aliphatic carbocycles. The zero-order valence-corrected chi connectivity index (χ0v) is 40.8. The van der Waals surface area contributed by atoms with E-state index in [1.807, 2.05) is 29.0 Å². The average molecular weight is 1010 g/mol. The Balaban J connectivity index is 1.51. The largest absolute Gasteiger partial charge is 0.481 e. The van der Waals surface area contributed by atoms with E-state index in [0.29, 0.717) is 50.0 Å². The number of amides is 4. The minimum atomic E-state index is -3.96. The first-order valence-corrected chi connectivity index (χ1v) is 25.5. The number of rotatable bonds is 42. The molecule has 0 spiro atoms. The van der Waals surface area contributed by atoms with E-state index in [0.717, 1.165) is 19.3 Å². The lowest BCUT2D eigenvalue weighted by Gasteiger charge is -2.16. The molecule has 0 fully saturated rings. The van der Waals surface area contributed by atoms with Gasteiger partial charge in [0.25, 0.3) is 0 Å². The molecule has 70 heavy (non-hydrogen) atoms. The van der Waals surface area contributed by atoms with Crippen molar-refractivity contribution in [3.8, 4) is 0 Å². The molecule has 0 aliphatic heterocycles. The van der Waals surface area contributed by atoms with E-state index in [1.165, 1.54) is 12.0 Å². The lowest BCUT2D eigenvalue weighted by Crippen LogP contribution is -2.41. The van der Waals surface area contributed by atoms with E-state index < -0.39 is 69.6 Å². The summed E-state index contributed by atoms with van der Waals surface area (Å²) >= 11 is 0. The molecule has 1 aromatic carbocycles. The molecule has 23 nitrogen and oxygen atoms in total. The lowest BCUT2D eigenvalue weighted by molar-refractivity contribution is -0.145. The fourth-order valence-electron chi connectivity index (χ4n) is 6.81. The maximum Gasteiger partial charge on any atom is 0.326 e. The van der Waals surface area contributed by atoms with Crippen molar-refractivity contribution in [2.45, 2.75) is 141 Å². The van der Waals surface area contributed by atoms with Crippen LogP contribution in [0.25, 0.3) is 0 Å². The maximum atomic E-state index is 12.6. The summed E-state index contributed by atoms with van der Waals surface area (Å²) in [5, 5.41) is 39.9. The second kappa shape index (κ2) is 35.1. The number of hydrogen-bond acceptors (Lipinski definition) is 16. The van der Waals surface area contributed by atoms with Gasteiger partial charge in [-0.1, -0.05) is 49.2 Å². The van der Waals surface area contributed by atoms with Crippen LogP contribution in [0.4, 0.5) is 0 Å². The number of aliphatic carboxylic acids is 2. The average Bonchev–Trinajstić information content (AvgIpc) is 3.83. The third kappa shape index (κ3) is 29.1. The number of aryl methyl sites for hydroxylation is 2. The molecule has 390 valence electrons. The number of tetrazole rings is 1. The second-order valence-corrected chi connectivity index (χ2v) is 18.6. The first kappa shape index (κ1) is 60.1. The quantitative estimate of drug-likeness (QED) is 0.0371. The number of nitrogens with one attached hydrogen (secondary N) is 5. The Bertz CT molecular complexity index is 2070. The highest BCUT2D eigenvalue weighted by atomic mass is 32.2.